The van der Waals surface area contributed by atoms with E-state index in [0.717, 1.165) is 5.56 Å². The van der Waals surface area contributed by atoms with E-state index < -0.39 is 5.69 Å². The molecule has 0 spiro atoms. The molecule has 0 fully saturated rings. The van der Waals surface area contributed by atoms with Crippen molar-refractivity contribution >= 4 is 0 Å². The summed E-state index contributed by atoms with van der Waals surface area (Å²) in [7, 11) is 1.56. The number of hydrogen-bond acceptors (Lipinski definition) is 4. The molecule has 0 amide bonds. The van der Waals surface area contributed by atoms with Gasteiger partial charge in [0.05, 0.1) is 12.8 Å². The molecule has 84 valence electrons. The predicted molar refractivity (Wildman–Crippen MR) is 61.6 cm³/mol. The molecule has 0 aliphatic rings. The Morgan fingerprint density at radius 3 is 2.94 bits per heavy atom. The van der Waals surface area contributed by atoms with E-state index in [-0.39, 0.29) is 5.69 Å². The van der Waals surface area contributed by atoms with Crippen molar-refractivity contribution in [3.8, 4) is 23.1 Å². The average Bonchev–Trinajstić information content (AvgIpc) is 2.38. The van der Waals surface area contributed by atoms with Crippen LogP contribution >= 0.6 is 0 Å². The highest BCUT2D eigenvalue weighted by molar-refractivity contribution is 5.61. The Kier molecular flexibility index (Phi) is 2.88. The standard InChI is InChI=1S/C12H9N3O2/c1-17-10-4-2-3-8(5-10)11-6-9(7-13)14-12(16)15-11/h2-6H,1H3,(H,14,15,16). The zero-order chi connectivity index (χ0) is 12.3. The summed E-state index contributed by atoms with van der Waals surface area (Å²) < 4.78 is 5.09. The molecular formula is C12H9N3O2. The molecule has 0 radical (unpaired) electrons. The van der Waals surface area contributed by atoms with Crippen LogP contribution in [0.3, 0.4) is 0 Å². The van der Waals surface area contributed by atoms with Crippen molar-refractivity contribution in [2.24, 2.45) is 0 Å². The van der Waals surface area contributed by atoms with Crippen LogP contribution in [-0.2, 0) is 0 Å². The number of rotatable bonds is 2. The smallest absolute Gasteiger partial charge is 0.346 e. The first-order valence-electron chi connectivity index (χ1n) is 4.89. The van der Waals surface area contributed by atoms with E-state index >= 15 is 0 Å². The number of nitrogens with zero attached hydrogens (tertiary/aromatic N) is 2. The maximum absolute atomic E-state index is 11.2. The molecule has 0 unspecified atom stereocenters. The number of H-pyrrole nitrogens is 1. The lowest BCUT2D eigenvalue weighted by Crippen LogP contribution is -2.12. The van der Waals surface area contributed by atoms with Crippen LogP contribution in [0.15, 0.2) is 35.1 Å². The quantitative estimate of drug-likeness (QED) is 0.839. The number of nitrogens with one attached hydrogen (secondary N) is 1. The van der Waals surface area contributed by atoms with Crippen LogP contribution in [0.1, 0.15) is 5.69 Å². The van der Waals surface area contributed by atoms with Gasteiger partial charge < -0.3 is 9.72 Å². The molecule has 0 aliphatic carbocycles. The number of ether oxygens (including phenoxy) is 1. The Hall–Kier alpha value is -2.61. The third kappa shape index (κ3) is 2.32. The number of nitriles is 1. The Morgan fingerprint density at radius 2 is 2.24 bits per heavy atom. The first-order valence-corrected chi connectivity index (χ1v) is 4.89. The molecule has 0 saturated carbocycles. The second-order valence-electron chi connectivity index (χ2n) is 3.33. The SMILES string of the molecule is COc1cccc(-c2cc(C#N)nc(=O)[nH]2)c1. The zero-order valence-electron chi connectivity index (χ0n) is 9.10. The largest absolute Gasteiger partial charge is 0.497 e. The normalized spacial score (nSPS) is 9.65. The third-order valence-corrected chi connectivity index (χ3v) is 2.24. The second kappa shape index (κ2) is 4.49. The fourth-order valence-electron chi connectivity index (χ4n) is 1.46. The van der Waals surface area contributed by atoms with Gasteiger partial charge in [-0.1, -0.05) is 12.1 Å². The fourth-order valence-corrected chi connectivity index (χ4v) is 1.46. The number of aromatic amines is 1. The van der Waals surface area contributed by atoms with Crippen molar-refractivity contribution in [3.63, 3.8) is 0 Å². The second-order valence-corrected chi connectivity index (χ2v) is 3.33. The average molecular weight is 227 g/mol. The summed E-state index contributed by atoms with van der Waals surface area (Å²) in [6.45, 7) is 0. The molecule has 5 heteroatoms. The lowest BCUT2D eigenvalue weighted by molar-refractivity contribution is 0.415. The number of hydrogen-bond donors (Lipinski definition) is 1. The van der Waals surface area contributed by atoms with E-state index in [1.54, 1.807) is 25.3 Å². The van der Waals surface area contributed by atoms with Gasteiger partial charge in [0.15, 0.2) is 0 Å². The van der Waals surface area contributed by atoms with E-state index in [1.807, 2.05) is 12.1 Å². The Labute approximate surface area is 97.3 Å². The Morgan fingerprint density at radius 1 is 1.41 bits per heavy atom. The van der Waals surface area contributed by atoms with Gasteiger partial charge in [-0.15, -0.1) is 0 Å². The topological polar surface area (TPSA) is 78.8 Å². The number of aromatic nitrogens is 2. The summed E-state index contributed by atoms with van der Waals surface area (Å²) in [5.41, 5.74) is 0.856. The maximum atomic E-state index is 11.2. The predicted octanol–water partition coefficient (Wildman–Crippen LogP) is 1.32. The molecule has 0 bridgehead atoms. The molecule has 0 aliphatic heterocycles. The van der Waals surface area contributed by atoms with Crippen molar-refractivity contribution in [2.75, 3.05) is 7.11 Å². The first-order chi connectivity index (χ1) is 8.22. The Bertz CT molecular complexity index is 641. The molecule has 1 heterocycles. The molecule has 0 saturated heterocycles. The zero-order valence-corrected chi connectivity index (χ0v) is 9.10. The molecule has 2 aromatic rings. The molecule has 0 atom stereocenters. The van der Waals surface area contributed by atoms with Gasteiger partial charge in [-0.3, -0.25) is 0 Å². The minimum atomic E-state index is -0.540. The molecule has 2 rings (SSSR count). The van der Waals surface area contributed by atoms with Gasteiger partial charge in [0.1, 0.15) is 17.5 Å². The van der Waals surface area contributed by atoms with Gasteiger partial charge in [-0.25, -0.2) is 4.79 Å². The molecule has 1 aromatic heterocycles. The third-order valence-electron chi connectivity index (χ3n) is 2.24. The minimum Gasteiger partial charge on any atom is -0.497 e. The summed E-state index contributed by atoms with van der Waals surface area (Å²) in [6, 6.07) is 10.6. The van der Waals surface area contributed by atoms with Gasteiger partial charge in [0.25, 0.3) is 0 Å². The van der Waals surface area contributed by atoms with Crippen LogP contribution in [-0.4, -0.2) is 17.1 Å². The van der Waals surface area contributed by atoms with Crippen LogP contribution in [0.4, 0.5) is 0 Å². The van der Waals surface area contributed by atoms with Gasteiger partial charge >= 0.3 is 5.69 Å². The molecule has 1 N–H and O–H groups in total. The van der Waals surface area contributed by atoms with E-state index in [0.29, 0.717) is 11.4 Å². The van der Waals surface area contributed by atoms with E-state index in [2.05, 4.69) is 9.97 Å². The molecular weight excluding hydrogens is 218 g/mol. The highest BCUT2D eigenvalue weighted by atomic mass is 16.5. The summed E-state index contributed by atoms with van der Waals surface area (Å²) in [6.07, 6.45) is 0. The summed E-state index contributed by atoms with van der Waals surface area (Å²) >= 11 is 0. The van der Waals surface area contributed by atoms with Gasteiger partial charge in [-0.2, -0.15) is 10.2 Å². The van der Waals surface area contributed by atoms with Crippen molar-refractivity contribution in [1.82, 2.24) is 9.97 Å². The monoisotopic (exact) mass is 227 g/mol. The van der Waals surface area contributed by atoms with E-state index in [9.17, 15) is 4.79 Å². The van der Waals surface area contributed by atoms with Crippen LogP contribution in [0.25, 0.3) is 11.3 Å². The minimum absolute atomic E-state index is 0.0894. The number of benzene rings is 1. The van der Waals surface area contributed by atoms with Crippen molar-refractivity contribution in [1.29, 1.82) is 5.26 Å². The van der Waals surface area contributed by atoms with Crippen LogP contribution < -0.4 is 10.4 Å². The van der Waals surface area contributed by atoms with Crippen molar-refractivity contribution in [3.05, 3.63) is 46.5 Å². The lowest BCUT2D eigenvalue weighted by atomic mass is 10.1. The van der Waals surface area contributed by atoms with Crippen molar-refractivity contribution < 1.29 is 4.74 Å². The van der Waals surface area contributed by atoms with Gasteiger partial charge in [0.2, 0.25) is 0 Å². The van der Waals surface area contributed by atoms with Crippen molar-refractivity contribution in [2.45, 2.75) is 0 Å². The molecule has 17 heavy (non-hydrogen) atoms. The highest BCUT2D eigenvalue weighted by Crippen LogP contribution is 2.21. The highest BCUT2D eigenvalue weighted by Gasteiger charge is 2.03. The number of methoxy groups -OCH3 is 1. The van der Waals surface area contributed by atoms with Crippen LogP contribution in [0, 0.1) is 11.3 Å². The van der Waals surface area contributed by atoms with Crippen LogP contribution in [0.2, 0.25) is 0 Å². The van der Waals surface area contributed by atoms with E-state index in [4.69, 9.17) is 10.00 Å². The fraction of sp³-hybridized carbons (Fsp3) is 0.0833. The summed E-state index contributed by atoms with van der Waals surface area (Å²) in [5.74, 6) is 0.679. The first kappa shape index (κ1) is 10.9. The summed E-state index contributed by atoms with van der Waals surface area (Å²) in [4.78, 5) is 17.3. The van der Waals surface area contributed by atoms with E-state index in [1.165, 1.54) is 6.07 Å². The van der Waals surface area contributed by atoms with Gasteiger partial charge in [0, 0.05) is 5.56 Å². The molecule has 1 aromatic carbocycles. The maximum Gasteiger partial charge on any atom is 0.346 e. The van der Waals surface area contributed by atoms with Gasteiger partial charge in [-0.05, 0) is 18.2 Å². The Balaban J connectivity index is 2.56. The summed E-state index contributed by atoms with van der Waals surface area (Å²) in [5, 5.41) is 8.74. The van der Waals surface area contributed by atoms with Crippen LogP contribution in [0.5, 0.6) is 5.75 Å². The molecule has 5 nitrogen and oxygen atoms in total. The lowest BCUT2D eigenvalue weighted by Gasteiger charge is -2.04.